The van der Waals surface area contributed by atoms with Crippen molar-refractivity contribution >= 4 is 15.9 Å². The first-order valence-electron chi connectivity index (χ1n) is 8.64. The number of carbonyl (C=O) groups excluding carboxylic acids is 1. The van der Waals surface area contributed by atoms with Crippen LogP contribution in [-0.4, -0.2) is 62.8 Å². The van der Waals surface area contributed by atoms with E-state index in [0.717, 1.165) is 22.9 Å². The molecule has 6 nitrogen and oxygen atoms in total. The van der Waals surface area contributed by atoms with Gasteiger partial charge in [0.05, 0.1) is 6.54 Å². The maximum Gasteiger partial charge on any atom is 0.246 e. The molecule has 1 saturated heterocycles. The second-order valence-corrected chi connectivity index (χ2v) is 8.69. The van der Waals surface area contributed by atoms with Crippen LogP contribution in [0.5, 0.6) is 0 Å². The van der Waals surface area contributed by atoms with Gasteiger partial charge in [-0.15, -0.1) is 0 Å². The zero-order valence-corrected chi connectivity index (χ0v) is 15.9. The van der Waals surface area contributed by atoms with Gasteiger partial charge in [-0.2, -0.15) is 4.31 Å². The number of nitrogens with one attached hydrogen (secondary N) is 1. The standard InChI is InChI=1S/C17H25F2N3O3S/c1-13(2)5-6-20-17(23)12-21-7-9-22(10-8-21)26(24,25)16-11-14(18)3-4-15(16)19/h3-4,11,13H,5-10,12H2,1-2H3,(H,20,23). The Morgan fingerprint density at radius 2 is 1.85 bits per heavy atom. The third-order valence-electron chi connectivity index (χ3n) is 4.25. The molecular weight excluding hydrogens is 364 g/mol. The van der Waals surface area contributed by atoms with Crippen LogP contribution in [0.25, 0.3) is 0 Å². The van der Waals surface area contributed by atoms with Crippen molar-refractivity contribution in [2.45, 2.75) is 25.2 Å². The highest BCUT2D eigenvalue weighted by atomic mass is 32.2. The normalized spacial score (nSPS) is 16.8. The Hall–Kier alpha value is -1.58. The molecule has 2 rings (SSSR count). The molecule has 1 aromatic rings. The lowest BCUT2D eigenvalue weighted by atomic mass is 10.1. The van der Waals surface area contributed by atoms with Crippen LogP contribution < -0.4 is 5.32 Å². The van der Waals surface area contributed by atoms with Crippen molar-refractivity contribution in [2.75, 3.05) is 39.3 Å². The number of nitrogens with zero attached hydrogens (tertiary/aromatic N) is 2. The summed E-state index contributed by atoms with van der Waals surface area (Å²) in [6.07, 6.45) is 0.900. The third kappa shape index (κ3) is 5.46. The van der Waals surface area contributed by atoms with Crippen molar-refractivity contribution in [3.8, 4) is 0 Å². The molecule has 0 unspecified atom stereocenters. The number of carbonyl (C=O) groups is 1. The molecular formula is C17H25F2N3O3S. The van der Waals surface area contributed by atoms with Crippen molar-refractivity contribution in [3.05, 3.63) is 29.8 Å². The van der Waals surface area contributed by atoms with Gasteiger partial charge in [0.1, 0.15) is 16.5 Å². The van der Waals surface area contributed by atoms with Gasteiger partial charge in [0.25, 0.3) is 0 Å². The molecule has 146 valence electrons. The zero-order valence-electron chi connectivity index (χ0n) is 15.0. The van der Waals surface area contributed by atoms with Crippen LogP contribution >= 0.6 is 0 Å². The van der Waals surface area contributed by atoms with Crippen LogP contribution in [0.4, 0.5) is 8.78 Å². The molecule has 1 amide bonds. The topological polar surface area (TPSA) is 69.7 Å². The Morgan fingerprint density at radius 3 is 2.46 bits per heavy atom. The van der Waals surface area contributed by atoms with E-state index in [-0.39, 0.29) is 25.5 Å². The fourth-order valence-electron chi connectivity index (χ4n) is 2.70. The molecule has 0 saturated carbocycles. The average molecular weight is 389 g/mol. The van der Waals surface area contributed by atoms with Gasteiger partial charge in [-0.1, -0.05) is 13.8 Å². The number of sulfonamides is 1. The van der Waals surface area contributed by atoms with E-state index >= 15 is 0 Å². The Balaban J connectivity index is 1.89. The SMILES string of the molecule is CC(C)CCNC(=O)CN1CCN(S(=O)(=O)c2cc(F)ccc2F)CC1. The fraction of sp³-hybridized carbons (Fsp3) is 0.588. The largest absolute Gasteiger partial charge is 0.355 e. The highest BCUT2D eigenvalue weighted by Crippen LogP contribution is 2.21. The number of halogens is 2. The first-order valence-corrected chi connectivity index (χ1v) is 10.1. The number of rotatable bonds is 7. The van der Waals surface area contributed by atoms with E-state index in [2.05, 4.69) is 19.2 Å². The third-order valence-corrected chi connectivity index (χ3v) is 6.17. The smallest absolute Gasteiger partial charge is 0.246 e. The van der Waals surface area contributed by atoms with E-state index in [1.54, 1.807) is 0 Å². The maximum absolute atomic E-state index is 13.8. The molecule has 0 radical (unpaired) electrons. The number of hydrogen-bond donors (Lipinski definition) is 1. The van der Waals surface area contributed by atoms with Gasteiger partial charge in [-0.05, 0) is 30.5 Å². The monoisotopic (exact) mass is 389 g/mol. The van der Waals surface area contributed by atoms with E-state index in [1.165, 1.54) is 0 Å². The second-order valence-electron chi connectivity index (χ2n) is 6.79. The zero-order chi connectivity index (χ0) is 19.3. The lowest BCUT2D eigenvalue weighted by Gasteiger charge is -2.33. The van der Waals surface area contributed by atoms with E-state index in [9.17, 15) is 22.0 Å². The Bertz CT molecular complexity index is 733. The highest BCUT2D eigenvalue weighted by molar-refractivity contribution is 7.89. The number of hydrogen-bond acceptors (Lipinski definition) is 4. The molecule has 1 aromatic carbocycles. The van der Waals surface area contributed by atoms with Crippen molar-refractivity contribution in [1.82, 2.24) is 14.5 Å². The molecule has 1 aliphatic rings. The fourth-order valence-corrected chi connectivity index (χ4v) is 4.20. The van der Waals surface area contributed by atoms with Gasteiger partial charge >= 0.3 is 0 Å². The number of benzene rings is 1. The first kappa shape index (κ1) is 20.7. The average Bonchev–Trinajstić information content (AvgIpc) is 2.57. The molecule has 0 aromatic heterocycles. The van der Waals surface area contributed by atoms with Gasteiger partial charge in [-0.25, -0.2) is 17.2 Å². The second kappa shape index (κ2) is 8.88. The summed E-state index contributed by atoms with van der Waals surface area (Å²) in [5.74, 6) is -1.37. The minimum Gasteiger partial charge on any atom is -0.355 e. The summed E-state index contributed by atoms with van der Waals surface area (Å²) in [4.78, 5) is 13.1. The molecule has 0 spiro atoms. The lowest BCUT2D eigenvalue weighted by molar-refractivity contribution is -0.122. The van der Waals surface area contributed by atoms with Gasteiger partial charge in [-0.3, -0.25) is 9.69 Å². The van der Waals surface area contributed by atoms with Crippen LogP contribution in [0.2, 0.25) is 0 Å². The molecule has 1 fully saturated rings. The van der Waals surface area contributed by atoms with Crippen LogP contribution in [0.1, 0.15) is 20.3 Å². The van der Waals surface area contributed by atoms with Crippen LogP contribution in [-0.2, 0) is 14.8 Å². The summed E-state index contributed by atoms with van der Waals surface area (Å²) in [5, 5.41) is 2.84. The Morgan fingerprint density at radius 1 is 1.19 bits per heavy atom. The van der Waals surface area contributed by atoms with Crippen LogP contribution in [0.3, 0.4) is 0 Å². The predicted octanol–water partition coefficient (Wildman–Crippen LogP) is 1.43. The number of piperazine rings is 1. The molecule has 0 bridgehead atoms. The van der Waals surface area contributed by atoms with E-state index in [1.807, 2.05) is 4.90 Å². The van der Waals surface area contributed by atoms with E-state index in [0.29, 0.717) is 31.6 Å². The molecule has 9 heteroatoms. The Kier molecular flexibility index (Phi) is 7.08. The quantitative estimate of drug-likeness (QED) is 0.766. The molecule has 0 atom stereocenters. The van der Waals surface area contributed by atoms with Crippen molar-refractivity contribution < 1.29 is 22.0 Å². The van der Waals surface area contributed by atoms with E-state index < -0.39 is 26.6 Å². The first-order chi connectivity index (χ1) is 12.2. The minimum absolute atomic E-state index is 0.0990. The van der Waals surface area contributed by atoms with Gasteiger partial charge in [0, 0.05) is 32.7 Å². The summed E-state index contributed by atoms with van der Waals surface area (Å²) in [7, 11) is -4.10. The predicted molar refractivity (Wildman–Crippen MR) is 94.0 cm³/mol. The summed E-state index contributed by atoms with van der Waals surface area (Å²) in [6, 6.07) is 2.38. The maximum atomic E-state index is 13.8. The van der Waals surface area contributed by atoms with Crippen molar-refractivity contribution in [1.29, 1.82) is 0 Å². The highest BCUT2D eigenvalue weighted by Gasteiger charge is 2.31. The lowest BCUT2D eigenvalue weighted by Crippen LogP contribution is -2.51. The summed E-state index contributed by atoms with van der Waals surface area (Å²) in [6.45, 7) is 5.92. The molecule has 1 heterocycles. The van der Waals surface area contributed by atoms with Crippen molar-refractivity contribution in [2.24, 2.45) is 5.92 Å². The van der Waals surface area contributed by atoms with Crippen molar-refractivity contribution in [3.63, 3.8) is 0 Å². The van der Waals surface area contributed by atoms with Gasteiger partial charge < -0.3 is 5.32 Å². The van der Waals surface area contributed by atoms with E-state index in [4.69, 9.17) is 0 Å². The molecule has 1 aliphatic heterocycles. The van der Waals surface area contributed by atoms with Crippen LogP contribution in [0, 0.1) is 17.6 Å². The molecule has 26 heavy (non-hydrogen) atoms. The summed E-state index contributed by atoms with van der Waals surface area (Å²) in [5.41, 5.74) is 0. The Labute approximate surface area is 153 Å². The van der Waals surface area contributed by atoms with Crippen LogP contribution in [0.15, 0.2) is 23.1 Å². The van der Waals surface area contributed by atoms with Gasteiger partial charge in [0.15, 0.2) is 0 Å². The number of amides is 1. The summed E-state index contributed by atoms with van der Waals surface area (Å²) < 4.78 is 53.3. The van der Waals surface area contributed by atoms with Gasteiger partial charge in [0.2, 0.25) is 15.9 Å². The molecule has 1 N–H and O–H groups in total. The summed E-state index contributed by atoms with van der Waals surface area (Å²) >= 11 is 0. The minimum atomic E-state index is -4.10. The molecule has 0 aliphatic carbocycles.